The normalized spacial score (nSPS) is 18.1. The molecule has 2 rings (SSSR count). The van der Waals surface area contributed by atoms with Gasteiger partial charge in [-0.1, -0.05) is 36.8 Å². The molecular formula is C15H24N2. The molecule has 0 amide bonds. The highest BCUT2D eigenvalue weighted by Gasteiger charge is 2.23. The van der Waals surface area contributed by atoms with E-state index in [0.29, 0.717) is 6.04 Å². The number of rotatable bonds is 6. The van der Waals surface area contributed by atoms with Crippen LogP contribution in [0.25, 0.3) is 0 Å². The fraction of sp³-hybridized carbons (Fsp3) is 0.600. The summed E-state index contributed by atoms with van der Waals surface area (Å²) in [5, 5.41) is 0. The minimum Gasteiger partial charge on any atom is -0.329 e. The molecule has 1 aliphatic carbocycles. The Bertz CT molecular complexity index is 319. The van der Waals surface area contributed by atoms with Crippen LogP contribution >= 0.6 is 0 Å². The second kappa shape index (κ2) is 6.18. The van der Waals surface area contributed by atoms with Gasteiger partial charge in [-0.15, -0.1) is 0 Å². The van der Waals surface area contributed by atoms with E-state index in [1.54, 1.807) is 0 Å². The van der Waals surface area contributed by atoms with Gasteiger partial charge in [0.25, 0.3) is 0 Å². The number of hydrogen-bond acceptors (Lipinski definition) is 2. The third-order valence-electron chi connectivity index (χ3n) is 3.96. The van der Waals surface area contributed by atoms with Crippen LogP contribution in [0.2, 0.25) is 0 Å². The summed E-state index contributed by atoms with van der Waals surface area (Å²) in [4.78, 5) is 2.54. The lowest BCUT2D eigenvalue weighted by Crippen LogP contribution is -2.37. The van der Waals surface area contributed by atoms with Crippen LogP contribution in [-0.2, 0) is 0 Å². The van der Waals surface area contributed by atoms with Crippen LogP contribution in [0.4, 0.5) is 0 Å². The molecule has 1 aromatic rings. The lowest BCUT2D eigenvalue weighted by Gasteiger charge is -2.36. The van der Waals surface area contributed by atoms with Crippen molar-refractivity contribution in [3.05, 3.63) is 35.9 Å². The summed E-state index contributed by atoms with van der Waals surface area (Å²) < 4.78 is 0. The van der Waals surface area contributed by atoms with E-state index < -0.39 is 0 Å². The maximum absolute atomic E-state index is 5.74. The Morgan fingerprint density at radius 2 is 2.00 bits per heavy atom. The first kappa shape index (κ1) is 12.6. The van der Waals surface area contributed by atoms with Gasteiger partial charge in [0.05, 0.1) is 0 Å². The summed E-state index contributed by atoms with van der Waals surface area (Å²) in [6, 6.07) is 11.2. The van der Waals surface area contributed by atoms with E-state index in [4.69, 9.17) is 5.73 Å². The molecule has 0 bridgehead atoms. The zero-order valence-electron chi connectivity index (χ0n) is 10.8. The van der Waals surface area contributed by atoms with E-state index in [1.165, 1.54) is 31.4 Å². The lowest BCUT2D eigenvalue weighted by molar-refractivity contribution is 0.143. The van der Waals surface area contributed by atoms with Gasteiger partial charge < -0.3 is 5.73 Å². The van der Waals surface area contributed by atoms with Crippen molar-refractivity contribution in [3.8, 4) is 0 Å². The fourth-order valence-electron chi connectivity index (χ4n) is 2.56. The molecule has 0 radical (unpaired) electrons. The van der Waals surface area contributed by atoms with Crippen molar-refractivity contribution < 1.29 is 0 Å². The van der Waals surface area contributed by atoms with Gasteiger partial charge >= 0.3 is 0 Å². The van der Waals surface area contributed by atoms with Crippen molar-refractivity contribution in [3.63, 3.8) is 0 Å². The molecule has 1 atom stereocenters. The molecule has 1 unspecified atom stereocenters. The van der Waals surface area contributed by atoms with Gasteiger partial charge in [-0.2, -0.15) is 0 Å². The van der Waals surface area contributed by atoms with E-state index >= 15 is 0 Å². The summed E-state index contributed by atoms with van der Waals surface area (Å²) in [6.07, 6.45) is 4.23. The van der Waals surface area contributed by atoms with Crippen molar-refractivity contribution in [2.75, 3.05) is 19.6 Å². The van der Waals surface area contributed by atoms with Crippen LogP contribution in [-0.4, -0.2) is 24.5 Å². The largest absolute Gasteiger partial charge is 0.329 e. The molecule has 0 spiro atoms. The lowest BCUT2D eigenvalue weighted by atomic mass is 9.84. The Morgan fingerprint density at radius 3 is 2.53 bits per heavy atom. The van der Waals surface area contributed by atoms with Crippen molar-refractivity contribution >= 4 is 0 Å². The molecule has 94 valence electrons. The predicted molar refractivity (Wildman–Crippen MR) is 72.8 cm³/mol. The van der Waals surface area contributed by atoms with Gasteiger partial charge in [-0.3, -0.25) is 4.90 Å². The molecule has 2 heteroatoms. The topological polar surface area (TPSA) is 29.3 Å². The van der Waals surface area contributed by atoms with E-state index in [9.17, 15) is 0 Å². The summed E-state index contributed by atoms with van der Waals surface area (Å²) in [5.74, 6) is 0.910. The Kier molecular flexibility index (Phi) is 4.57. The zero-order valence-corrected chi connectivity index (χ0v) is 10.8. The van der Waals surface area contributed by atoms with Gasteiger partial charge in [0.1, 0.15) is 0 Å². The summed E-state index contributed by atoms with van der Waals surface area (Å²) in [6.45, 7) is 5.27. The smallest absolute Gasteiger partial charge is 0.0320 e. The van der Waals surface area contributed by atoms with Crippen molar-refractivity contribution in [1.29, 1.82) is 0 Å². The van der Waals surface area contributed by atoms with Gasteiger partial charge in [-0.25, -0.2) is 0 Å². The summed E-state index contributed by atoms with van der Waals surface area (Å²) in [7, 11) is 0. The molecular weight excluding hydrogens is 208 g/mol. The molecule has 1 aliphatic rings. The van der Waals surface area contributed by atoms with E-state index in [1.807, 2.05) is 0 Å². The average molecular weight is 232 g/mol. The third kappa shape index (κ3) is 3.30. The maximum atomic E-state index is 5.74. The van der Waals surface area contributed by atoms with Crippen LogP contribution in [0, 0.1) is 5.92 Å². The zero-order chi connectivity index (χ0) is 12.1. The van der Waals surface area contributed by atoms with Gasteiger partial charge in [0, 0.05) is 25.7 Å². The SMILES string of the molecule is CC(c1ccccc1)N(CCN)CC1CCC1. The molecule has 0 aromatic heterocycles. The maximum Gasteiger partial charge on any atom is 0.0320 e. The first-order valence-electron chi connectivity index (χ1n) is 6.80. The van der Waals surface area contributed by atoms with Crippen LogP contribution in [0.5, 0.6) is 0 Å². The van der Waals surface area contributed by atoms with Crippen LogP contribution in [0.3, 0.4) is 0 Å². The molecule has 0 heterocycles. The molecule has 1 fully saturated rings. The predicted octanol–water partition coefficient (Wildman–Crippen LogP) is 2.81. The van der Waals surface area contributed by atoms with Crippen LogP contribution < -0.4 is 5.73 Å². The highest BCUT2D eigenvalue weighted by atomic mass is 15.2. The standard InChI is InChI=1S/C15H24N2/c1-13(15-8-3-2-4-9-15)17(11-10-16)12-14-6-5-7-14/h2-4,8-9,13-14H,5-7,10-12,16H2,1H3. The molecule has 0 aliphatic heterocycles. The number of nitrogens with zero attached hydrogens (tertiary/aromatic N) is 1. The number of benzene rings is 1. The summed E-state index contributed by atoms with van der Waals surface area (Å²) in [5.41, 5.74) is 7.14. The Balaban J connectivity index is 1.98. The molecule has 1 aromatic carbocycles. The number of hydrogen-bond donors (Lipinski definition) is 1. The van der Waals surface area contributed by atoms with Gasteiger partial charge in [-0.05, 0) is 31.2 Å². The Hall–Kier alpha value is -0.860. The summed E-state index contributed by atoms with van der Waals surface area (Å²) >= 11 is 0. The second-order valence-electron chi connectivity index (χ2n) is 5.17. The van der Waals surface area contributed by atoms with Crippen LogP contribution in [0.1, 0.15) is 37.8 Å². The minimum absolute atomic E-state index is 0.486. The van der Waals surface area contributed by atoms with Gasteiger partial charge in [0.15, 0.2) is 0 Å². The van der Waals surface area contributed by atoms with Crippen molar-refractivity contribution in [1.82, 2.24) is 4.90 Å². The highest BCUT2D eigenvalue weighted by molar-refractivity contribution is 5.18. The Morgan fingerprint density at radius 1 is 1.29 bits per heavy atom. The molecule has 2 nitrogen and oxygen atoms in total. The van der Waals surface area contributed by atoms with Gasteiger partial charge in [0.2, 0.25) is 0 Å². The molecule has 0 saturated heterocycles. The first-order chi connectivity index (χ1) is 8.31. The minimum atomic E-state index is 0.486. The van der Waals surface area contributed by atoms with E-state index in [2.05, 4.69) is 42.2 Å². The van der Waals surface area contributed by atoms with Crippen LogP contribution in [0.15, 0.2) is 30.3 Å². The van der Waals surface area contributed by atoms with E-state index in [-0.39, 0.29) is 0 Å². The molecule has 2 N–H and O–H groups in total. The van der Waals surface area contributed by atoms with Crippen molar-refractivity contribution in [2.24, 2.45) is 11.7 Å². The first-order valence-corrected chi connectivity index (χ1v) is 6.80. The highest BCUT2D eigenvalue weighted by Crippen LogP contribution is 2.30. The van der Waals surface area contributed by atoms with E-state index in [0.717, 1.165) is 19.0 Å². The third-order valence-corrected chi connectivity index (χ3v) is 3.96. The quantitative estimate of drug-likeness (QED) is 0.817. The number of nitrogens with two attached hydrogens (primary N) is 1. The van der Waals surface area contributed by atoms with Crippen molar-refractivity contribution in [2.45, 2.75) is 32.2 Å². The Labute approximate surface area is 105 Å². The fourth-order valence-corrected chi connectivity index (χ4v) is 2.56. The monoisotopic (exact) mass is 232 g/mol. The molecule has 1 saturated carbocycles. The molecule has 17 heavy (non-hydrogen) atoms. The second-order valence-corrected chi connectivity index (χ2v) is 5.17. The average Bonchev–Trinajstić information content (AvgIpc) is 2.32.